The lowest BCUT2D eigenvalue weighted by Crippen LogP contribution is -2.35. The van der Waals surface area contributed by atoms with Crippen molar-refractivity contribution in [2.24, 2.45) is 0 Å². The fourth-order valence-electron chi connectivity index (χ4n) is 2.32. The molecule has 2 N–H and O–H groups in total. The van der Waals surface area contributed by atoms with Gasteiger partial charge in [0, 0.05) is 22.3 Å². The van der Waals surface area contributed by atoms with Crippen molar-refractivity contribution >= 4 is 51.4 Å². The Morgan fingerprint density at radius 2 is 1.88 bits per heavy atom. The third-order valence-electron chi connectivity index (χ3n) is 3.42. The highest BCUT2D eigenvalue weighted by molar-refractivity contribution is 7.80. The second kappa shape index (κ2) is 7.38. The highest BCUT2D eigenvalue weighted by atomic mass is 35.5. The number of amides is 1. The molecule has 3 rings (SSSR count). The van der Waals surface area contributed by atoms with E-state index < -0.39 is 0 Å². The van der Waals surface area contributed by atoms with Crippen molar-refractivity contribution in [3.8, 4) is 0 Å². The summed E-state index contributed by atoms with van der Waals surface area (Å²) in [6.07, 6.45) is 1.97. The van der Waals surface area contributed by atoms with Gasteiger partial charge in [-0.25, -0.2) is 0 Å². The summed E-state index contributed by atoms with van der Waals surface area (Å²) in [6.45, 7) is 0. The summed E-state index contributed by atoms with van der Waals surface area (Å²) >= 11 is 11.1. The molecule has 0 unspecified atom stereocenters. The van der Waals surface area contributed by atoms with Crippen molar-refractivity contribution in [2.75, 3.05) is 5.32 Å². The first kappa shape index (κ1) is 16.4. The number of halogens is 1. The van der Waals surface area contributed by atoms with Gasteiger partial charge in [-0.2, -0.15) is 0 Å². The summed E-state index contributed by atoms with van der Waals surface area (Å²) in [5.41, 5.74) is 2.53. The Balaban J connectivity index is 1.64. The molecule has 120 valence electrons. The van der Waals surface area contributed by atoms with Crippen LogP contribution in [0, 0.1) is 0 Å². The topological polar surface area (TPSA) is 54.0 Å². The average Bonchev–Trinajstić information content (AvgIpc) is 2.57. The minimum Gasteiger partial charge on any atom is -0.332 e. The van der Waals surface area contributed by atoms with Crippen LogP contribution < -0.4 is 10.6 Å². The van der Waals surface area contributed by atoms with Gasteiger partial charge in [-0.05, 0) is 54.2 Å². The van der Waals surface area contributed by atoms with Gasteiger partial charge in [0.05, 0.1) is 11.9 Å². The molecule has 3 aromatic rings. The van der Waals surface area contributed by atoms with Crippen molar-refractivity contribution in [3.05, 3.63) is 71.4 Å². The number of aromatic nitrogens is 1. The van der Waals surface area contributed by atoms with Crippen LogP contribution in [-0.2, 0) is 11.2 Å². The van der Waals surface area contributed by atoms with Crippen LogP contribution >= 0.6 is 23.8 Å². The zero-order chi connectivity index (χ0) is 16.9. The van der Waals surface area contributed by atoms with Crippen molar-refractivity contribution in [1.82, 2.24) is 10.3 Å². The molecule has 4 nitrogen and oxygen atoms in total. The predicted octanol–water partition coefficient (Wildman–Crippen LogP) is 3.94. The smallest absolute Gasteiger partial charge is 0.230 e. The average molecular weight is 356 g/mol. The van der Waals surface area contributed by atoms with Gasteiger partial charge in [0.2, 0.25) is 5.91 Å². The van der Waals surface area contributed by atoms with Crippen LogP contribution in [0.2, 0.25) is 5.02 Å². The second-order valence-electron chi connectivity index (χ2n) is 5.18. The third kappa shape index (κ3) is 4.07. The monoisotopic (exact) mass is 355 g/mol. The maximum atomic E-state index is 12.1. The Morgan fingerprint density at radius 1 is 1.08 bits per heavy atom. The van der Waals surface area contributed by atoms with E-state index in [0.29, 0.717) is 5.02 Å². The van der Waals surface area contributed by atoms with Crippen LogP contribution in [0.1, 0.15) is 5.56 Å². The van der Waals surface area contributed by atoms with E-state index in [4.69, 9.17) is 23.8 Å². The SMILES string of the molecule is O=C(Cc1ccc(Cl)cc1)NC(=S)Nc1cccc2ncccc12. The normalized spacial score (nSPS) is 10.4. The number of hydrogen-bond acceptors (Lipinski definition) is 3. The molecule has 0 aliphatic carbocycles. The number of nitrogens with one attached hydrogen (secondary N) is 2. The molecule has 0 atom stereocenters. The number of carbonyl (C=O) groups is 1. The molecule has 24 heavy (non-hydrogen) atoms. The minimum absolute atomic E-state index is 0.187. The molecule has 1 heterocycles. The van der Waals surface area contributed by atoms with Crippen molar-refractivity contribution in [1.29, 1.82) is 0 Å². The molecule has 0 saturated heterocycles. The highest BCUT2D eigenvalue weighted by Gasteiger charge is 2.08. The first-order valence-electron chi connectivity index (χ1n) is 7.31. The largest absolute Gasteiger partial charge is 0.332 e. The molecule has 0 fully saturated rings. The van der Waals surface area contributed by atoms with Crippen molar-refractivity contribution in [2.45, 2.75) is 6.42 Å². The van der Waals surface area contributed by atoms with Crippen molar-refractivity contribution < 1.29 is 4.79 Å². The van der Waals surface area contributed by atoms with E-state index in [-0.39, 0.29) is 17.4 Å². The number of carbonyl (C=O) groups excluding carboxylic acids is 1. The molecule has 6 heteroatoms. The Hall–Kier alpha value is -2.50. The second-order valence-corrected chi connectivity index (χ2v) is 6.03. The summed E-state index contributed by atoms with van der Waals surface area (Å²) in [4.78, 5) is 16.4. The van der Waals surface area contributed by atoms with Gasteiger partial charge >= 0.3 is 0 Å². The van der Waals surface area contributed by atoms with Crippen LogP contribution in [0.25, 0.3) is 10.9 Å². The molecule has 0 aliphatic heterocycles. The molecule has 0 spiro atoms. The van der Waals surface area contributed by atoms with E-state index >= 15 is 0 Å². The van der Waals surface area contributed by atoms with E-state index in [9.17, 15) is 4.79 Å². The summed E-state index contributed by atoms with van der Waals surface area (Å²) < 4.78 is 0. The van der Waals surface area contributed by atoms with Gasteiger partial charge in [0.15, 0.2) is 5.11 Å². The lowest BCUT2D eigenvalue weighted by molar-refractivity contribution is -0.119. The van der Waals surface area contributed by atoms with Crippen LogP contribution in [0.5, 0.6) is 0 Å². The summed E-state index contributed by atoms with van der Waals surface area (Å²) in [5.74, 6) is -0.187. The number of benzene rings is 2. The van der Waals surface area contributed by atoms with Gasteiger partial charge in [-0.3, -0.25) is 9.78 Å². The number of fused-ring (bicyclic) bond motifs is 1. The molecule has 0 saturated carbocycles. The van der Waals surface area contributed by atoms with Gasteiger partial charge in [0.1, 0.15) is 0 Å². The van der Waals surface area contributed by atoms with E-state index in [1.54, 1.807) is 18.3 Å². The molecule has 0 aliphatic rings. The van der Waals surface area contributed by atoms with Gasteiger partial charge in [0.25, 0.3) is 0 Å². The Bertz CT molecular complexity index is 891. The van der Waals surface area contributed by atoms with Crippen LogP contribution in [-0.4, -0.2) is 16.0 Å². The van der Waals surface area contributed by atoms with E-state index in [2.05, 4.69) is 15.6 Å². The Labute approximate surface area is 149 Å². The highest BCUT2D eigenvalue weighted by Crippen LogP contribution is 2.21. The summed E-state index contributed by atoms with van der Waals surface area (Å²) in [7, 11) is 0. The lowest BCUT2D eigenvalue weighted by Gasteiger charge is -2.11. The van der Waals surface area contributed by atoms with Crippen molar-refractivity contribution in [3.63, 3.8) is 0 Å². The molecule has 0 bridgehead atoms. The lowest BCUT2D eigenvalue weighted by atomic mass is 10.1. The molecule has 1 amide bonds. The molecule has 1 aromatic heterocycles. The minimum atomic E-state index is -0.187. The molecule has 0 radical (unpaired) electrons. The number of rotatable bonds is 3. The fraction of sp³-hybridized carbons (Fsp3) is 0.0556. The van der Waals surface area contributed by atoms with E-state index in [0.717, 1.165) is 22.2 Å². The van der Waals surface area contributed by atoms with E-state index in [1.807, 2.05) is 42.5 Å². The molecular weight excluding hydrogens is 342 g/mol. The number of thiocarbonyl (C=S) groups is 1. The maximum Gasteiger partial charge on any atom is 0.230 e. The first-order valence-corrected chi connectivity index (χ1v) is 8.09. The first-order chi connectivity index (χ1) is 11.6. The van der Waals surface area contributed by atoms with Gasteiger partial charge in [-0.15, -0.1) is 0 Å². The van der Waals surface area contributed by atoms with Crippen LogP contribution in [0.15, 0.2) is 60.8 Å². The van der Waals surface area contributed by atoms with Gasteiger partial charge < -0.3 is 10.6 Å². The third-order valence-corrected chi connectivity index (χ3v) is 3.88. The fourth-order valence-corrected chi connectivity index (χ4v) is 2.67. The predicted molar refractivity (Wildman–Crippen MR) is 101 cm³/mol. The summed E-state index contributed by atoms with van der Waals surface area (Å²) in [6, 6.07) is 16.6. The number of nitrogens with zero attached hydrogens (tertiary/aromatic N) is 1. The number of hydrogen-bond donors (Lipinski definition) is 2. The van der Waals surface area contributed by atoms with E-state index in [1.165, 1.54) is 0 Å². The van der Waals surface area contributed by atoms with Crippen LogP contribution in [0.4, 0.5) is 5.69 Å². The Morgan fingerprint density at radius 3 is 2.67 bits per heavy atom. The Kier molecular flexibility index (Phi) is 5.03. The van der Waals surface area contributed by atoms with Gasteiger partial charge in [-0.1, -0.05) is 29.8 Å². The zero-order valence-corrected chi connectivity index (χ0v) is 14.2. The van der Waals surface area contributed by atoms with Crippen LogP contribution in [0.3, 0.4) is 0 Å². The number of anilines is 1. The molecule has 2 aromatic carbocycles. The zero-order valence-electron chi connectivity index (χ0n) is 12.6. The standard InChI is InChI=1S/C18H14ClN3OS/c19-13-8-6-12(7-9-13)11-17(23)22-18(24)21-16-5-1-4-15-14(16)3-2-10-20-15/h1-10H,11H2,(H2,21,22,23,24). The maximum absolute atomic E-state index is 12.1. The number of pyridine rings is 1. The summed E-state index contributed by atoms with van der Waals surface area (Å²) in [5, 5.41) is 7.57. The quantitative estimate of drug-likeness (QED) is 0.699. The molecular formula is C18H14ClN3OS.